The largest absolute Gasteiger partial charge is 0.495 e. The van der Waals surface area contributed by atoms with E-state index in [1.165, 1.54) is 0 Å². The van der Waals surface area contributed by atoms with Gasteiger partial charge in [-0.25, -0.2) is 0 Å². The zero-order valence-corrected chi connectivity index (χ0v) is 16.1. The number of aliphatic hydroxyl groups excluding tert-OH is 1. The molecule has 2 N–H and O–H groups in total. The van der Waals surface area contributed by atoms with Crippen LogP contribution < -0.4 is 10.1 Å². The molecule has 148 valence electrons. The van der Waals surface area contributed by atoms with Gasteiger partial charge in [-0.15, -0.1) is 0 Å². The highest BCUT2D eigenvalue weighted by molar-refractivity contribution is 5.96. The average Bonchev–Trinajstić information content (AvgIpc) is 2.75. The Kier molecular flexibility index (Phi) is 6.66. The van der Waals surface area contributed by atoms with Crippen molar-refractivity contribution in [3.63, 3.8) is 0 Å². The summed E-state index contributed by atoms with van der Waals surface area (Å²) in [6.07, 6.45) is 1.81. The smallest absolute Gasteiger partial charge is 0.253 e. The number of ether oxygens (including phenoxy) is 1. The van der Waals surface area contributed by atoms with E-state index in [2.05, 4.69) is 5.32 Å². The molecule has 28 heavy (non-hydrogen) atoms. The van der Waals surface area contributed by atoms with Crippen molar-refractivity contribution in [3.8, 4) is 5.75 Å². The maximum absolute atomic E-state index is 12.7. The van der Waals surface area contributed by atoms with Crippen LogP contribution in [0, 0.1) is 5.92 Å². The first-order valence-electron chi connectivity index (χ1n) is 9.55. The lowest BCUT2D eigenvalue weighted by atomic mass is 9.95. The highest BCUT2D eigenvalue weighted by Gasteiger charge is 2.28. The number of aliphatic hydroxyl groups is 1. The van der Waals surface area contributed by atoms with Crippen molar-refractivity contribution in [2.75, 3.05) is 32.1 Å². The Bertz CT molecular complexity index is 815. The summed E-state index contributed by atoms with van der Waals surface area (Å²) in [6, 6.07) is 14.7. The van der Waals surface area contributed by atoms with Crippen molar-refractivity contribution >= 4 is 17.5 Å². The number of amides is 2. The summed E-state index contributed by atoms with van der Waals surface area (Å²) in [7, 11) is 1.56. The van der Waals surface area contributed by atoms with Crippen molar-refractivity contribution < 1.29 is 19.4 Å². The van der Waals surface area contributed by atoms with Crippen LogP contribution in [0.5, 0.6) is 5.75 Å². The van der Waals surface area contributed by atoms with Gasteiger partial charge in [0.25, 0.3) is 5.91 Å². The fraction of sp³-hybridized carbons (Fsp3) is 0.364. The van der Waals surface area contributed by atoms with E-state index in [1.807, 2.05) is 47.4 Å². The Morgan fingerprint density at radius 3 is 2.50 bits per heavy atom. The van der Waals surface area contributed by atoms with Gasteiger partial charge in [-0.1, -0.05) is 24.3 Å². The molecule has 0 atom stereocenters. The van der Waals surface area contributed by atoms with Crippen LogP contribution in [0.25, 0.3) is 0 Å². The summed E-state index contributed by atoms with van der Waals surface area (Å²) in [6.45, 7) is 1.20. The third-order valence-electron chi connectivity index (χ3n) is 5.10. The standard InChI is InChI=1S/C22H26N2O4/c1-28-20-15-16(11-14-25)7-8-19(20)23-21(26)17-9-12-24(13-10-17)22(27)18-5-3-2-4-6-18/h2-8,15,17,25H,9-14H2,1H3,(H,23,26). The zero-order chi connectivity index (χ0) is 19.9. The second kappa shape index (κ2) is 9.37. The van der Waals surface area contributed by atoms with Crippen LogP contribution in [0.4, 0.5) is 5.69 Å². The number of likely N-dealkylation sites (tertiary alicyclic amines) is 1. The molecular formula is C22H26N2O4. The first-order chi connectivity index (χ1) is 13.6. The number of hydrogen-bond donors (Lipinski definition) is 2. The van der Waals surface area contributed by atoms with Gasteiger partial charge in [0.15, 0.2) is 0 Å². The lowest BCUT2D eigenvalue weighted by Gasteiger charge is -2.31. The minimum absolute atomic E-state index is 0.0144. The second-order valence-corrected chi connectivity index (χ2v) is 6.93. The molecule has 0 unspecified atom stereocenters. The molecule has 2 amide bonds. The molecular weight excluding hydrogens is 356 g/mol. The lowest BCUT2D eigenvalue weighted by Crippen LogP contribution is -2.41. The van der Waals surface area contributed by atoms with Gasteiger partial charge in [-0.3, -0.25) is 9.59 Å². The number of piperidine rings is 1. The van der Waals surface area contributed by atoms with Crippen molar-refractivity contribution in [1.29, 1.82) is 0 Å². The van der Waals surface area contributed by atoms with E-state index in [1.54, 1.807) is 13.2 Å². The summed E-state index contributed by atoms with van der Waals surface area (Å²) in [4.78, 5) is 27.0. The molecule has 0 aromatic heterocycles. The van der Waals surface area contributed by atoms with Crippen molar-refractivity contribution in [2.24, 2.45) is 5.92 Å². The van der Waals surface area contributed by atoms with E-state index in [9.17, 15) is 9.59 Å². The number of nitrogens with one attached hydrogen (secondary N) is 1. The molecule has 0 aliphatic carbocycles. The lowest BCUT2D eigenvalue weighted by molar-refractivity contribution is -0.121. The van der Waals surface area contributed by atoms with Crippen LogP contribution in [-0.4, -0.2) is 48.6 Å². The van der Waals surface area contributed by atoms with E-state index in [-0.39, 0.29) is 24.3 Å². The minimum atomic E-state index is -0.137. The van der Waals surface area contributed by atoms with Crippen LogP contribution in [0.2, 0.25) is 0 Å². The Labute approximate surface area is 165 Å². The number of rotatable bonds is 6. The van der Waals surface area contributed by atoms with Crippen molar-refractivity contribution in [1.82, 2.24) is 4.90 Å². The Balaban J connectivity index is 1.57. The second-order valence-electron chi connectivity index (χ2n) is 6.93. The van der Waals surface area contributed by atoms with Gasteiger partial charge in [0.05, 0.1) is 12.8 Å². The van der Waals surface area contributed by atoms with Crippen LogP contribution in [0.1, 0.15) is 28.8 Å². The molecule has 6 nitrogen and oxygen atoms in total. The van der Waals surface area contributed by atoms with Crippen LogP contribution in [0.15, 0.2) is 48.5 Å². The van der Waals surface area contributed by atoms with E-state index < -0.39 is 0 Å². The molecule has 2 aromatic rings. The SMILES string of the molecule is COc1cc(CCO)ccc1NC(=O)C1CCN(C(=O)c2ccccc2)CC1. The van der Waals surface area contributed by atoms with Crippen molar-refractivity contribution in [2.45, 2.75) is 19.3 Å². The molecule has 2 aromatic carbocycles. The Morgan fingerprint density at radius 1 is 1.14 bits per heavy atom. The highest BCUT2D eigenvalue weighted by atomic mass is 16.5. The maximum atomic E-state index is 12.7. The third-order valence-corrected chi connectivity index (χ3v) is 5.10. The molecule has 0 spiro atoms. The fourth-order valence-electron chi connectivity index (χ4n) is 3.47. The van der Waals surface area contributed by atoms with Crippen LogP contribution in [-0.2, 0) is 11.2 Å². The average molecular weight is 382 g/mol. The summed E-state index contributed by atoms with van der Waals surface area (Å²) in [5.74, 6) is 0.401. The molecule has 1 aliphatic heterocycles. The number of anilines is 1. The van der Waals surface area contributed by atoms with Gasteiger partial charge < -0.3 is 20.1 Å². The first-order valence-corrected chi connectivity index (χ1v) is 9.55. The topological polar surface area (TPSA) is 78.9 Å². The normalized spacial score (nSPS) is 14.6. The predicted octanol–water partition coefficient (Wildman–Crippen LogP) is 2.72. The predicted molar refractivity (Wildman–Crippen MR) is 107 cm³/mol. The van der Waals surface area contributed by atoms with E-state index in [4.69, 9.17) is 9.84 Å². The van der Waals surface area contributed by atoms with Crippen LogP contribution in [0.3, 0.4) is 0 Å². The number of hydrogen-bond acceptors (Lipinski definition) is 4. The zero-order valence-electron chi connectivity index (χ0n) is 16.1. The molecule has 6 heteroatoms. The molecule has 1 heterocycles. The molecule has 1 aliphatic rings. The molecule has 0 bridgehead atoms. The van der Waals surface area contributed by atoms with E-state index >= 15 is 0 Å². The Morgan fingerprint density at radius 2 is 1.86 bits per heavy atom. The van der Waals surface area contributed by atoms with E-state index in [0.717, 1.165) is 5.56 Å². The monoisotopic (exact) mass is 382 g/mol. The maximum Gasteiger partial charge on any atom is 0.253 e. The number of carbonyl (C=O) groups excluding carboxylic acids is 2. The van der Waals surface area contributed by atoms with Crippen molar-refractivity contribution in [3.05, 3.63) is 59.7 Å². The van der Waals surface area contributed by atoms with Gasteiger partial charge >= 0.3 is 0 Å². The minimum Gasteiger partial charge on any atom is -0.495 e. The quantitative estimate of drug-likeness (QED) is 0.805. The van der Waals surface area contributed by atoms with Gasteiger partial charge in [0, 0.05) is 31.2 Å². The summed E-state index contributed by atoms with van der Waals surface area (Å²) in [5.41, 5.74) is 2.25. The number of benzene rings is 2. The van der Waals surface area contributed by atoms with Gasteiger partial charge in [0.1, 0.15) is 5.75 Å². The van der Waals surface area contributed by atoms with Gasteiger partial charge in [0.2, 0.25) is 5.91 Å². The van der Waals surface area contributed by atoms with E-state index in [0.29, 0.717) is 49.4 Å². The summed E-state index contributed by atoms with van der Waals surface area (Å²) in [5, 5.41) is 12.0. The molecule has 0 radical (unpaired) electrons. The van der Waals surface area contributed by atoms with Crippen LogP contribution >= 0.6 is 0 Å². The molecule has 1 saturated heterocycles. The number of carbonyl (C=O) groups is 2. The summed E-state index contributed by atoms with van der Waals surface area (Å²) < 4.78 is 5.37. The molecule has 0 saturated carbocycles. The number of methoxy groups -OCH3 is 1. The van der Waals surface area contributed by atoms with Gasteiger partial charge in [-0.2, -0.15) is 0 Å². The first kappa shape index (κ1) is 19.9. The van der Waals surface area contributed by atoms with Gasteiger partial charge in [-0.05, 0) is 49.1 Å². The molecule has 1 fully saturated rings. The molecule has 3 rings (SSSR count). The third kappa shape index (κ3) is 4.70. The highest BCUT2D eigenvalue weighted by Crippen LogP contribution is 2.28. The Hall–Kier alpha value is -2.86. The fourth-order valence-corrected chi connectivity index (χ4v) is 3.47. The summed E-state index contributed by atoms with van der Waals surface area (Å²) >= 11 is 0. The number of nitrogens with zero attached hydrogens (tertiary/aromatic N) is 1.